The number of nitrogens with zero attached hydrogens (tertiary/aromatic N) is 4. The number of ether oxygens (including phenoxy) is 1. The van der Waals surface area contributed by atoms with Gasteiger partial charge >= 0.3 is 0 Å². The lowest BCUT2D eigenvalue weighted by Crippen LogP contribution is -1.96. The molecule has 25 heavy (non-hydrogen) atoms. The number of aromatic nitrogens is 4. The molecule has 0 saturated heterocycles. The summed E-state index contributed by atoms with van der Waals surface area (Å²) in [4.78, 5) is 11.7. The Kier molecular flexibility index (Phi) is 3.31. The molecular formula is C19H16N4OS. The smallest absolute Gasteiger partial charge is 0.231 e. The van der Waals surface area contributed by atoms with Crippen molar-refractivity contribution in [3.63, 3.8) is 0 Å². The van der Waals surface area contributed by atoms with E-state index in [4.69, 9.17) is 4.74 Å². The van der Waals surface area contributed by atoms with Gasteiger partial charge in [-0.15, -0.1) is 11.3 Å². The maximum absolute atomic E-state index is 6.15. The minimum Gasteiger partial charge on any atom is -0.438 e. The van der Waals surface area contributed by atoms with Crippen LogP contribution in [0.1, 0.15) is 22.7 Å². The third-order valence-corrected chi connectivity index (χ3v) is 5.65. The van der Waals surface area contributed by atoms with E-state index in [-0.39, 0.29) is 0 Å². The van der Waals surface area contributed by atoms with E-state index < -0.39 is 0 Å². The Morgan fingerprint density at radius 1 is 1.12 bits per heavy atom. The van der Waals surface area contributed by atoms with Crippen LogP contribution in [0.4, 0.5) is 0 Å². The van der Waals surface area contributed by atoms with Gasteiger partial charge in [-0.2, -0.15) is 10.1 Å². The van der Waals surface area contributed by atoms with Crippen LogP contribution in [0.25, 0.3) is 15.9 Å². The van der Waals surface area contributed by atoms with Crippen molar-refractivity contribution in [1.82, 2.24) is 19.7 Å². The molecule has 6 heteroatoms. The van der Waals surface area contributed by atoms with Gasteiger partial charge < -0.3 is 4.74 Å². The second kappa shape index (κ2) is 5.67. The minimum atomic E-state index is 0.675. The number of aryl methyl sites for hydroxylation is 3. The zero-order valence-corrected chi connectivity index (χ0v) is 14.6. The van der Waals surface area contributed by atoms with Crippen LogP contribution >= 0.6 is 11.3 Å². The molecule has 4 aromatic rings. The van der Waals surface area contributed by atoms with Crippen LogP contribution in [0, 0.1) is 6.92 Å². The van der Waals surface area contributed by atoms with E-state index in [0.29, 0.717) is 5.88 Å². The molecule has 5 nitrogen and oxygen atoms in total. The maximum atomic E-state index is 6.15. The fourth-order valence-corrected chi connectivity index (χ4v) is 4.64. The van der Waals surface area contributed by atoms with Crippen molar-refractivity contribution in [2.45, 2.75) is 26.2 Å². The van der Waals surface area contributed by atoms with E-state index in [0.717, 1.165) is 40.3 Å². The zero-order chi connectivity index (χ0) is 16.8. The Balaban J connectivity index is 1.53. The molecule has 0 amide bonds. The Morgan fingerprint density at radius 2 is 2.00 bits per heavy atom. The average Bonchev–Trinajstić information content (AvgIpc) is 3.32. The highest BCUT2D eigenvalue weighted by Gasteiger charge is 2.22. The molecule has 124 valence electrons. The van der Waals surface area contributed by atoms with E-state index in [1.54, 1.807) is 17.5 Å². The number of hydrogen-bond donors (Lipinski definition) is 0. The summed E-state index contributed by atoms with van der Waals surface area (Å²) in [7, 11) is 0. The first-order valence-corrected chi connectivity index (χ1v) is 9.16. The number of thiophene rings is 1. The summed E-state index contributed by atoms with van der Waals surface area (Å²) in [6, 6.07) is 9.79. The number of rotatable bonds is 3. The van der Waals surface area contributed by atoms with Gasteiger partial charge in [0.1, 0.15) is 16.4 Å². The van der Waals surface area contributed by atoms with Gasteiger partial charge in [0.15, 0.2) is 0 Å². The van der Waals surface area contributed by atoms with Crippen LogP contribution in [0.5, 0.6) is 11.6 Å². The molecular weight excluding hydrogens is 332 g/mol. The monoisotopic (exact) mass is 348 g/mol. The van der Waals surface area contributed by atoms with Crippen molar-refractivity contribution in [3.8, 4) is 17.3 Å². The summed E-state index contributed by atoms with van der Waals surface area (Å²) in [5.41, 5.74) is 2.38. The van der Waals surface area contributed by atoms with Crippen LogP contribution in [-0.4, -0.2) is 19.7 Å². The van der Waals surface area contributed by atoms with E-state index in [1.165, 1.54) is 16.9 Å². The van der Waals surface area contributed by atoms with Crippen molar-refractivity contribution in [2.24, 2.45) is 0 Å². The second-order valence-corrected chi connectivity index (χ2v) is 7.24. The Morgan fingerprint density at radius 3 is 2.80 bits per heavy atom. The van der Waals surface area contributed by atoms with E-state index >= 15 is 0 Å². The number of fused-ring (bicyclic) bond motifs is 3. The molecule has 1 aromatic carbocycles. The van der Waals surface area contributed by atoms with Gasteiger partial charge in [0.25, 0.3) is 0 Å². The van der Waals surface area contributed by atoms with Crippen LogP contribution in [-0.2, 0) is 12.8 Å². The molecule has 5 rings (SSSR count). The largest absolute Gasteiger partial charge is 0.438 e. The Bertz CT molecular complexity index is 1050. The first-order chi connectivity index (χ1) is 12.3. The molecule has 0 fully saturated rings. The number of benzene rings is 1. The first kappa shape index (κ1) is 14.6. The zero-order valence-electron chi connectivity index (χ0n) is 13.8. The first-order valence-electron chi connectivity index (χ1n) is 8.35. The molecule has 0 aliphatic heterocycles. The summed E-state index contributed by atoms with van der Waals surface area (Å²) in [6.07, 6.45) is 7.14. The summed E-state index contributed by atoms with van der Waals surface area (Å²) >= 11 is 1.78. The summed E-state index contributed by atoms with van der Waals surface area (Å²) in [5.74, 6) is 2.19. The fraction of sp³-hybridized carbons (Fsp3) is 0.211. The van der Waals surface area contributed by atoms with Gasteiger partial charge in [-0.1, -0.05) is 0 Å². The highest BCUT2D eigenvalue weighted by molar-refractivity contribution is 7.19. The van der Waals surface area contributed by atoms with Crippen molar-refractivity contribution in [3.05, 3.63) is 59.0 Å². The highest BCUT2D eigenvalue weighted by atomic mass is 32.1. The molecule has 0 N–H and O–H groups in total. The van der Waals surface area contributed by atoms with Crippen LogP contribution in [0.2, 0.25) is 0 Å². The molecule has 1 aliphatic rings. The molecule has 0 bridgehead atoms. The predicted octanol–water partition coefficient (Wildman–Crippen LogP) is 4.47. The van der Waals surface area contributed by atoms with Gasteiger partial charge in [-0.25, -0.2) is 9.67 Å². The normalized spacial score (nSPS) is 13.3. The van der Waals surface area contributed by atoms with E-state index in [1.807, 2.05) is 48.1 Å². The summed E-state index contributed by atoms with van der Waals surface area (Å²) < 4.78 is 7.98. The van der Waals surface area contributed by atoms with Gasteiger partial charge in [0.2, 0.25) is 5.88 Å². The van der Waals surface area contributed by atoms with Crippen LogP contribution in [0.15, 0.2) is 42.7 Å². The fourth-order valence-electron chi connectivity index (χ4n) is 3.34. The molecule has 0 atom stereocenters. The molecule has 0 saturated carbocycles. The predicted molar refractivity (Wildman–Crippen MR) is 97.8 cm³/mol. The third kappa shape index (κ3) is 2.49. The van der Waals surface area contributed by atoms with Gasteiger partial charge in [-0.05, 0) is 62.1 Å². The maximum Gasteiger partial charge on any atom is 0.231 e. The number of hydrogen-bond acceptors (Lipinski definition) is 5. The highest BCUT2D eigenvalue weighted by Crippen LogP contribution is 2.41. The minimum absolute atomic E-state index is 0.675. The second-order valence-electron chi connectivity index (χ2n) is 6.16. The van der Waals surface area contributed by atoms with Gasteiger partial charge in [0.05, 0.1) is 11.1 Å². The Hall–Kier alpha value is -2.73. The molecule has 3 heterocycles. The van der Waals surface area contributed by atoms with Crippen molar-refractivity contribution in [1.29, 1.82) is 0 Å². The van der Waals surface area contributed by atoms with Crippen LogP contribution < -0.4 is 4.74 Å². The van der Waals surface area contributed by atoms with Gasteiger partial charge in [-0.3, -0.25) is 0 Å². The quantitative estimate of drug-likeness (QED) is 0.548. The molecule has 3 aromatic heterocycles. The van der Waals surface area contributed by atoms with E-state index in [2.05, 4.69) is 15.1 Å². The van der Waals surface area contributed by atoms with Gasteiger partial charge in [0, 0.05) is 17.3 Å². The van der Waals surface area contributed by atoms with E-state index in [9.17, 15) is 0 Å². The molecule has 0 spiro atoms. The van der Waals surface area contributed by atoms with Crippen LogP contribution in [0.3, 0.4) is 0 Å². The molecule has 0 unspecified atom stereocenters. The molecule has 1 aliphatic carbocycles. The average molecular weight is 348 g/mol. The lowest BCUT2D eigenvalue weighted by molar-refractivity contribution is 0.466. The lowest BCUT2D eigenvalue weighted by Gasteiger charge is -2.09. The standard InChI is InChI=1S/C19H16N4OS/c1-12-21-18(17-15-4-2-5-16(15)25-19(17)22-12)24-14-8-6-13(7-9-14)23-11-3-10-20-23/h3,6-11H,2,4-5H2,1H3. The SMILES string of the molecule is Cc1nc(Oc2ccc(-n3cccn3)cc2)c2c3c(sc2n1)CCC3. The third-order valence-electron chi connectivity index (χ3n) is 4.46. The van der Waals surface area contributed by atoms with Crippen molar-refractivity contribution in [2.75, 3.05) is 0 Å². The topological polar surface area (TPSA) is 52.8 Å². The lowest BCUT2D eigenvalue weighted by atomic mass is 10.2. The summed E-state index contributed by atoms with van der Waals surface area (Å²) in [5, 5.41) is 5.34. The van der Waals surface area contributed by atoms with Crippen molar-refractivity contribution >= 4 is 21.6 Å². The van der Waals surface area contributed by atoms with Crippen molar-refractivity contribution < 1.29 is 4.74 Å². The molecule has 0 radical (unpaired) electrons. The summed E-state index contributed by atoms with van der Waals surface area (Å²) in [6.45, 7) is 1.91. The Labute approximate surface area is 148 Å².